The summed E-state index contributed by atoms with van der Waals surface area (Å²) in [4.78, 5) is 18.4. The number of ether oxygens (including phenoxy) is 1. The van der Waals surface area contributed by atoms with E-state index in [4.69, 9.17) is 9.84 Å². The molecule has 0 bridgehead atoms. The maximum Gasteiger partial charge on any atom is 0.320 e. The molecule has 53 heavy (non-hydrogen) atoms. The fraction of sp³-hybridized carbons (Fsp3) is 0.463. The fourth-order valence-electron chi connectivity index (χ4n) is 8.05. The van der Waals surface area contributed by atoms with E-state index in [-0.39, 0.29) is 29.4 Å². The molecule has 278 valence electrons. The Morgan fingerprint density at radius 2 is 1.72 bits per heavy atom. The lowest BCUT2D eigenvalue weighted by Gasteiger charge is -2.33. The van der Waals surface area contributed by atoms with E-state index in [0.717, 1.165) is 85.9 Å². The van der Waals surface area contributed by atoms with Crippen LogP contribution < -0.4 is 20.3 Å². The minimum atomic E-state index is -0.331. The SMILES string of the molecule is CC1CCCCN1c1nnc2ccc(O[C@@H]3CC[C@H](NC(=O)Nc4cc(C(C)(C)C)nn4-c4ccc(F)c(CN5CCCC5)c4)c4ccccc43)cn12. The number of hydrogen-bond donors (Lipinski definition) is 2. The maximum absolute atomic E-state index is 15.0. The number of carbonyl (C=O) groups excluding carboxylic acids is 1. The molecule has 2 fully saturated rings. The first-order valence-electron chi connectivity index (χ1n) is 19.2. The average molecular weight is 720 g/mol. The van der Waals surface area contributed by atoms with Crippen molar-refractivity contribution in [1.29, 1.82) is 0 Å². The van der Waals surface area contributed by atoms with Crippen molar-refractivity contribution in [2.45, 2.75) is 103 Å². The van der Waals surface area contributed by atoms with Crippen molar-refractivity contribution >= 4 is 23.4 Å². The van der Waals surface area contributed by atoms with Gasteiger partial charge < -0.3 is 15.0 Å². The number of anilines is 2. The normalized spacial score (nSPS) is 20.8. The van der Waals surface area contributed by atoms with Crippen LogP contribution >= 0.6 is 0 Å². The number of amides is 2. The Bertz CT molecular complexity index is 2100. The van der Waals surface area contributed by atoms with Gasteiger partial charge in [-0.3, -0.25) is 14.6 Å². The van der Waals surface area contributed by atoms with Crippen LogP contribution in [0.4, 0.5) is 21.0 Å². The molecule has 2 aromatic carbocycles. The van der Waals surface area contributed by atoms with Crippen molar-refractivity contribution < 1.29 is 13.9 Å². The molecule has 8 rings (SSSR count). The summed E-state index contributed by atoms with van der Waals surface area (Å²) in [6.45, 7) is 12.0. The quantitative estimate of drug-likeness (QED) is 0.167. The lowest BCUT2D eigenvalue weighted by molar-refractivity contribution is 0.171. The highest BCUT2D eigenvalue weighted by Crippen LogP contribution is 2.39. The van der Waals surface area contributed by atoms with Crippen LogP contribution in [-0.2, 0) is 12.0 Å². The second-order valence-electron chi connectivity index (χ2n) is 15.9. The first-order valence-corrected chi connectivity index (χ1v) is 19.2. The van der Waals surface area contributed by atoms with Crippen molar-refractivity contribution in [1.82, 2.24) is 34.6 Å². The monoisotopic (exact) mass is 719 g/mol. The topological polar surface area (TPSA) is 105 Å². The molecular weight excluding hydrogens is 670 g/mol. The number of rotatable bonds is 8. The van der Waals surface area contributed by atoms with Crippen molar-refractivity contribution in [3.8, 4) is 11.4 Å². The summed E-state index contributed by atoms with van der Waals surface area (Å²) >= 11 is 0. The van der Waals surface area contributed by atoms with Gasteiger partial charge in [-0.25, -0.2) is 13.9 Å². The van der Waals surface area contributed by atoms with Gasteiger partial charge in [-0.05, 0) is 106 Å². The standard InChI is InChI=1S/C41H50FN9O2/c1-27-11-7-8-22-49(27)40-46-45-37-19-15-30(26-50(37)40)53-35-18-17-34(31-12-5-6-13-32(31)35)43-39(52)44-38-24-36(41(2,3)4)47-51(38)29-14-16-33(42)28(23-29)25-48-20-9-10-21-48/h5-6,12-16,19,23-24,26-27,34-35H,7-11,17-18,20-22,25H2,1-4H3,(H2,43,44,52)/t27?,34-,35+/m0/s1. The number of carbonyl (C=O) groups is 1. The summed E-state index contributed by atoms with van der Waals surface area (Å²) in [6, 6.07) is 18.9. The largest absolute Gasteiger partial charge is 0.484 e. The smallest absolute Gasteiger partial charge is 0.320 e. The Hall–Kier alpha value is -4.97. The lowest BCUT2D eigenvalue weighted by Crippen LogP contribution is -2.38. The third-order valence-electron chi connectivity index (χ3n) is 11.0. The second-order valence-corrected chi connectivity index (χ2v) is 15.9. The van der Waals surface area contributed by atoms with Gasteiger partial charge >= 0.3 is 6.03 Å². The molecule has 2 N–H and O–H groups in total. The molecular formula is C41H50FN9O2. The predicted molar refractivity (Wildman–Crippen MR) is 204 cm³/mol. The molecule has 2 saturated heterocycles. The van der Waals surface area contributed by atoms with Gasteiger partial charge in [0.2, 0.25) is 5.95 Å². The fourth-order valence-corrected chi connectivity index (χ4v) is 8.05. The number of pyridine rings is 1. The van der Waals surface area contributed by atoms with Crippen molar-refractivity contribution in [3.05, 3.63) is 95.1 Å². The van der Waals surface area contributed by atoms with E-state index in [1.54, 1.807) is 10.7 Å². The molecule has 11 nitrogen and oxygen atoms in total. The zero-order valence-corrected chi connectivity index (χ0v) is 31.2. The first kappa shape index (κ1) is 35.1. The summed E-state index contributed by atoms with van der Waals surface area (Å²) in [7, 11) is 0. The molecule has 1 aliphatic carbocycles. The Kier molecular flexibility index (Phi) is 9.57. The number of likely N-dealkylation sites (tertiary alicyclic amines) is 1. The molecule has 2 amide bonds. The highest BCUT2D eigenvalue weighted by Gasteiger charge is 2.31. The molecule has 0 radical (unpaired) electrons. The van der Waals surface area contributed by atoms with E-state index in [9.17, 15) is 9.18 Å². The lowest BCUT2D eigenvalue weighted by atomic mass is 9.85. The van der Waals surface area contributed by atoms with Gasteiger partial charge in [-0.1, -0.05) is 45.0 Å². The zero-order chi connectivity index (χ0) is 36.7. The van der Waals surface area contributed by atoms with E-state index >= 15 is 0 Å². The van der Waals surface area contributed by atoms with Crippen molar-refractivity contribution in [2.75, 3.05) is 29.9 Å². The van der Waals surface area contributed by atoms with Gasteiger partial charge in [0.1, 0.15) is 23.5 Å². The summed E-state index contributed by atoms with van der Waals surface area (Å²) in [5.41, 5.74) is 4.76. The summed E-state index contributed by atoms with van der Waals surface area (Å²) in [5, 5.41) is 20.2. The Balaban J connectivity index is 0.998. The summed E-state index contributed by atoms with van der Waals surface area (Å²) < 4.78 is 25.4. The van der Waals surface area contributed by atoms with Crippen LogP contribution in [0.25, 0.3) is 11.3 Å². The number of nitrogens with one attached hydrogen (secondary N) is 2. The van der Waals surface area contributed by atoms with Crippen LogP contribution in [0.3, 0.4) is 0 Å². The van der Waals surface area contributed by atoms with Crippen LogP contribution in [0.2, 0.25) is 0 Å². The minimum Gasteiger partial charge on any atom is -0.484 e. The van der Waals surface area contributed by atoms with Gasteiger partial charge in [-0.15, -0.1) is 10.2 Å². The van der Waals surface area contributed by atoms with Crippen LogP contribution in [0.5, 0.6) is 5.75 Å². The molecule has 0 spiro atoms. The van der Waals surface area contributed by atoms with Gasteiger partial charge in [0.15, 0.2) is 5.65 Å². The first-order chi connectivity index (χ1) is 25.6. The molecule has 2 aliphatic heterocycles. The highest BCUT2D eigenvalue weighted by molar-refractivity contribution is 5.89. The van der Waals surface area contributed by atoms with Crippen LogP contribution in [0, 0.1) is 5.82 Å². The average Bonchev–Trinajstić information content (AvgIpc) is 3.91. The molecule has 5 heterocycles. The number of piperidine rings is 1. The van der Waals surface area contributed by atoms with Crippen molar-refractivity contribution in [3.63, 3.8) is 0 Å². The third-order valence-corrected chi connectivity index (χ3v) is 11.0. The molecule has 12 heteroatoms. The van der Waals surface area contributed by atoms with E-state index in [2.05, 4.69) is 70.5 Å². The molecule has 3 aromatic heterocycles. The molecule has 5 aromatic rings. The Labute approximate surface area is 310 Å². The van der Waals surface area contributed by atoms with Crippen LogP contribution in [0.15, 0.2) is 66.9 Å². The van der Waals surface area contributed by atoms with Crippen LogP contribution in [0.1, 0.15) is 107 Å². The van der Waals surface area contributed by atoms with E-state index in [1.165, 1.54) is 12.5 Å². The van der Waals surface area contributed by atoms with Gasteiger partial charge in [0.05, 0.1) is 23.6 Å². The molecule has 3 aliphatic rings. The number of benzene rings is 2. The molecule has 3 atom stereocenters. The highest BCUT2D eigenvalue weighted by atomic mass is 19.1. The van der Waals surface area contributed by atoms with Gasteiger partial charge in [0.25, 0.3) is 0 Å². The van der Waals surface area contributed by atoms with E-state index in [0.29, 0.717) is 36.1 Å². The van der Waals surface area contributed by atoms with Crippen molar-refractivity contribution in [2.24, 2.45) is 0 Å². The van der Waals surface area contributed by atoms with Gasteiger partial charge in [-0.2, -0.15) is 5.10 Å². The minimum absolute atomic E-state index is 0.178. The number of halogens is 1. The number of nitrogens with zero attached hydrogens (tertiary/aromatic N) is 7. The molecule has 0 saturated carbocycles. The summed E-state index contributed by atoms with van der Waals surface area (Å²) in [6.07, 6.45) is 9.05. The predicted octanol–water partition coefficient (Wildman–Crippen LogP) is 8.10. The number of aromatic nitrogens is 5. The summed E-state index contributed by atoms with van der Waals surface area (Å²) in [5.74, 6) is 1.90. The number of urea groups is 1. The van der Waals surface area contributed by atoms with Gasteiger partial charge in [0, 0.05) is 36.2 Å². The number of hydrogen-bond acceptors (Lipinski definition) is 7. The zero-order valence-electron chi connectivity index (χ0n) is 31.2. The molecule has 1 unspecified atom stereocenters. The van der Waals surface area contributed by atoms with Crippen LogP contribution in [-0.4, -0.2) is 61.0 Å². The Morgan fingerprint density at radius 3 is 2.51 bits per heavy atom. The third kappa shape index (κ3) is 7.33. The Morgan fingerprint density at radius 1 is 0.925 bits per heavy atom. The number of fused-ring (bicyclic) bond motifs is 2. The second kappa shape index (κ2) is 14.5. The maximum atomic E-state index is 15.0. The van der Waals surface area contributed by atoms with E-state index < -0.39 is 0 Å². The van der Waals surface area contributed by atoms with E-state index in [1.807, 2.05) is 47.0 Å².